The summed E-state index contributed by atoms with van der Waals surface area (Å²) in [6.45, 7) is 8.69. The molecule has 2 aromatic rings. The van der Waals surface area contributed by atoms with Crippen LogP contribution in [0.15, 0.2) is 48.5 Å². The highest BCUT2D eigenvalue weighted by molar-refractivity contribution is 5.57. The lowest BCUT2D eigenvalue weighted by molar-refractivity contribution is 0.822. The maximum atomic E-state index is 2.46. The molecule has 0 amide bonds. The molecule has 0 spiro atoms. The Morgan fingerprint density at radius 2 is 1.63 bits per heavy atom. The first kappa shape index (κ1) is 13.7. The molecule has 0 N–H and O–H groups in total. The maximum absolute atomic E-state index is 2.46. The molecule has 2 aromatic carbocycles. The first-order valence-corrected chi connectivity index (χ1v) is 7.13. The van der Waals surface area contributed by atoms with Crippen molar-refractivity contribution in [2.24, 2.45) is 0 Å². The summed E-state index contributed by atoms with van der Waals surface area (Å²) in [7, 11) is 0. The van der Waals surface area contributed by atoms with E-state index < -0.39 is 0 Å². The summed E-state index contributed by atoms with van der Waals surface area (Å²) in [6.07, 6.45) is 1.09. The van der Waals surface area contributed by atoms with Gasteiger partial charge in [-0.3, -0.25) is 0 Å². The van der Waals surface area contributed by atoms with Gasteiger partial charge in [-0.05, 0) is 43.0 Å². The van der Waals surface area contributed by atoms with Gasteiger partial charge in [0.2, 0.25) is 0 Å². The number of hydrogen-bond acceptors (Lipinski definition) is 1. The summed E-state index contributed by atoms with van der Waals surface area (Å²) in [5, 5.41) is 0. The molecule has 1 nitrogen and oxygen atoms in total. The maximum Gasteiger partial charge on any atom is 0.0429 e. The van der Waals surface area contributed by atoms with Gasteiger partial charge < -0.3 is 4.90 Å². The monoisotopic (exact) mass is 253 g/mol. The van der Waals surface area contributed by atoms with Crippen LogP contribution in [0.3, 0.4) is 0 Å². The Kier molecular flexibility index (Phi) is 4.62. The fourth-order valence-corrected chi connectivity index (χ4v) is 2.61. The van der Waals surface area contributed by atoms with Gasteiger partial charge in [-0.15, -0.1) is 0 Å². The van der Waals surface area contributed by atoms with Crippen molar-refractivity contribution < 1.29 is 0 Å². The van der Waals surface area contributed by atoms with E-state index in [4.69, 9.17) is 0 Å². The SMILES string of the molecule is CCc1c(C)cccc1N(CC)Cc1ccccc1. The van der Waals surface area contributed by atoms with Gasteiger partial charge in [0.05, 0.1) is 0 Å². The van der Waals surface area contributed by atoms with E-state index in [1.807, 2.05) is 0 Å². The molecule has 0 atom stereocenters. The van der Waals surface area contributed by atoms with Crippen LogP contribution in [-0.4, -0.2) is 6.54 Å². The van der Waals surface area contributed by atoms with E-state index in [1.54, 1.807) is 0 Å². The lowest BCUT2D eigenvalue weighted by Gasteiger charge is -2.26. The van der Waals surface area contributed by atoms with Crippen LogP contribution in [0.25, 0.3) is 0 Å². The number of rotatable bonds is 5. The first-order chi connectivity index (χ1) is 9.26. The summed E-state index contributed by atoms with van der Waals surface area (Å²) in [5.41, 5.74) is 5.62. The highest BCUT2D eigenvalue weighted by Gasteiger charge is 2.10. The van der Waals surface area contributed by atoms with Crippen LogP contribution in [0.5, 0.6) is 0 Å². The average Bonchev–Trinajstić information content (AvgIpc) is 2.45. The number of aryl methyl sites for hydroxylation is 1. The molecule has 0 fully saturated rings. The van der Waals surface area contributed by atoms with Crippen molar-refractivity contribution in [2.75, 3.05) is 11.4 Å². The molecule has 100 valence electrons. The summed E-state index contributed by atoms with van der Waals surface area (Å²) in [5.74, 6) is 0. The molecule has 0 aromatic heterocycles. The highest BCUT2D eigenvalue weighted by Crippen LogP contribution is 2.25. The Morgan fingerprint density at radius 3 is 2.26 bits per heavy atom. The largest absolute Gasteiger partial charge is 0.367 e. The quantitative estimate of drug-likeness (QED) is 0.753. The van der Waals surface area contributed by atoms with E-state index in [0.717, 1.165) is 19.5 Å². The topological polar surface area (TPSA) is 3.24 Å². The first-order valence-electron chi connectivity index (χ1n) is 7.13. The van der Waals surface area contributed by atoms with Gasteiger partial charge in [-0.25, -0.2) is 0 Å². The average molecular weight is 253 g/mol. The molecule has 0 aliphatic rings. The summed E-state index contributed by atoms with van der Waals surface area (Å²) < 4.78 is 0. The Hall–Kier alpha value is -1.76. The molecule has 0 bridgehead atoms. The van der Waals surface area contributed by atoms with E-state index in [0.29, 0.717) is 0 Å². The van der Waals surface area contributed by atoms with Crippen LogP contribution in [0.2, 0.25) is 0 Å². The van der Waals surface area contributed by atoms with Gasteiger partial charge >= 0.3 is 0 Å². The zero-order valence-corrected chi connectivity index (χ0v) is 12.2. The normalized spacial score (nSPS) is 10.5. The fourth-order valence-electron chi connectivity index (χ4n) is 2.61. The Balaban J connectivity index is 2.30. The fraction of sp³-hybridized carbons (Fsp3) is 0.333. The summed E-state index contributed by atoms with van der Waals surface area (Å²) >= 11 is 0. The molecule has 19 heavy (non-hydrogen) atoms. The van der Waals surface area contributed by atoms with Crippen molar-refractivity contribution in [1.82, 2.24) is 0 Å². The minimum atomic E-state index is 0.980. The number of hydrogen-bond donors (Lipinski definition) is 0. The van der Waals surface area contributed by atoms with E-state index in [-0.39, 0.29) is 0 Å². The van der Waals surface area contributed by atoms with Gasteiger partial charge in [0.25, 0.3) is 0 Å². The van der Waals surface area contributed by atoms with E-state index >= 15 is 0 Å². The highest BCUT2D eigenvalue weighted by atomic mass is 15.1. The predicted molar refractivity (Wildman–Crippen MR) is 83.7 cm³/mol. The summed E-state index contributed by atoms with van der Waals surface area (Å²) in [4.78, 5) is 2.46. The van der Waals surface area contributed by atoms with Crippen molar-refractivity contribution in [3.8, 4) is 0 Å². The van der Waals surface area contributed by atoms with Gasteiger partial charge in [0, 0.05) is 18.8 Å². The third kappa shape index (κ3) is 3.17. The van der Waals surface area contributed by atoms with Crippen molar-refractivity contribution >= 4 is 5.69 Å². The molecule has 0 unspecified atom stereocenters. The standard InChI is InChI=1S/C18H23N/c1-4-17-15(3)10-9-13-18(17)19(5-2)14-16-11-7-6-8-12-16/h6-13H,4-5,14H2,1-3H3. The van der Waals surface area contributed by atoms with Crippen molar-refractivity contribution in [3.63, 3.8) is 0 Å². The molecule has 0 radical (unpaired) electrons. The molecule has 0 heterocycles. The van der Waals surface area contributed by atoms with E-state index in [2.05, 4.69) is 74.2 Å². The number of anilines is 1. The molecule has 0 aliphatic heterocycles. The zero-order chi connectivity index (χ0) is 13.7. The van der Waals surface area contributed by atoms with Crippen LogP contribution in [0.4, 0.5) is 5.69 Å². The molecule has 0 aliphatic carbocycles. The Bertz CT molecular complexity index is 516. The van der Waals surface area contributed by atoms with Crippen molar-refractivity contribution in [1.29, 1.82) is 0 Å². The third-order valence-electron chi connectivity index (χ3n) is 3.68. The van der Waals surface area contributed by atoms with Gasteiger partial charge in [0.15, 0.2) is 0 Å². The number of nitrogens with zero attached hydrogens (tertiary/aromatic N) is 1. The summed E-state index contributed by atoms with van der Waals surface area (Å²) in [6, 6.07) is 17.3. The number of benzene rings is 2. The van der Waals surface area contributed by atoms with Crippen LogP contribution in [0, 0.1) is 6.92 Å². The van der Waals surface area contributed by atoms with Gasteiger partial charge in [-0.2, -0.15) is 0 Å². The van der Waals surface area contributed by atoms with Crippen LogP contribution in [0.1, 0.15) is 30.5 Å². The van der Waals surface area contributed by atoms with Crippen molar-refractivity contribution in [2.45, 2.75) is 33.7 Å². The molecular formula is C18H23N. The van der Waals surface area contributed by atoms with Crippen LogP contribution in [-0.2, 0) is 13.0 Å². The Morgan fingerprint density at radius 1 is 0.895 bits per heavy atom. The molecule has 0 saturated carbocycles. The van der Waals surface area contributed by atoms with E-state index in [9.17, 15) is 0 Å². The van der Waals surface area contributed by atoms with E-state index in [1.165, 1.54) is 22.4 Å². The van der Waals surface area contributed by atoms with Gasteiger partial charge in [-0.1, -0.05) is 49.4 Å². The van der Waals surface area contributed by atoms with Crippen molar-refractivity contribution in [3.05, 3.63) is 65.2 Å². The van der Waals surface area contributed by atoms with Crippen LogP contribution >= 0.6 is 0 Å². The third-order valence-corrected chi connectivity index (χ3v) is 3.68. The lowest BCUT2D eigenvalue weighted by atomic mass is 10.0. The van der Waals surface area contributed by atoms with Crippen LogP contribution < -0.4 is 4.90 Å². The minimum absolute atomic E-state index is 0.980. The second kappa shape index (κ2) is 6.42. The molecule has 2 rings (SSSR count). The minimum Gasteiger partial charge on any atom is -0.367 e. The second-order valence-electron chi connectivity index (χ2n) is 4.93. The zero-order valence-electron chi connectivity index (χ0n) is 12.2. The predicted octanol–water partition coefficient (Wildman–Crippen LogP) is 4.58. The Labute approximate surface area is 116 Å². The lowest BCUT2D eigenvalue weighted by Crippen LogP contribution is -2.23. The smallest absolute Gasteiger partial charge is 0.0429 e. The molecular weight excluding hydrogens is 230 g/mol. The molecule has 1 heteroatoms. The second-order valence-corrected chi connectivity index (χ2v) is 4.93. The van der Waals surface area contributed by atoms with Gasteiger partial charge in [0.1, 0.15) is 0 Å². The molecule has 0 saturated heterocycles.